The van der Waals surface area contributed by atoms with Gasteiger partial charge in [0.2, 0.25) is 11.8 Å². The van der Waals surface area contributed by atoms with Crippen LogP contribution in [0.15, 0.2) is 77.7 Å². The van der Waals surface area contributed by atoms with Crippen molar-refractivity contribution in [2.45, 2.75) is 76.4 Å². The normalized spacial score (nSPS) is 14.5. The third-order valence-corrected chi connectivity index (χ3v) is 9.53. The molecular formula is C33H40FN3O5S. The van der Waals surface area contributed by atoms with Gasteiger partial charge >= 0.3 is 0 Å². The Morgan fingerprint density at radius 2 is 1.63 bits per heavy atom. The zero-order valence-corrected chi connectivity index (χ0v) is 25.8. The highest BCUT2D eigenvalue weighted by atomic mass is 32.2. The van der Waals surface area contributed by atoms with Gasteiger partial charge in [0, 0.05) is 18.2 Å². The van der Waals surface area contributed by atoms with Crippen molar-refractivity contribution in [1.82, 2.24) is 10.2 Å². The van der Waals surface area contributed by atoms with Crippen LogP contribution in [-0.2, 0) is 26.2 Å². The molecule has 1 atom stereocenters. The Morgan fingerprint density at radius 1 is 0.977 bits per heavy atom. The van der Waals surface area contributed by atoms with Crippen LogP contribution < -0.4 is 14.4 Å². The molecule has 3 aromatic carbocycles. The lowest BCUT2D eigenvalue weighted by Gasteiger charge is -2.33. The number of halogens is 1. The molecule has 1 aliphatic carbocycles. The molecule has 4 rings (SSSR count). The van der Waals surface area contributed by atoms with E-state index in [1.165, 1.54) is 23.1 Å². The molecule has 0 saturated heterocycles. The van der Waals surface area contributed by atoms with Crippen molar-refractivity contribution < 1.29 is 27.1 Å². The number of nitrogens with one attached hydrogen (secondary N) is 1. The quantitative estimate of drug-likeness (QED) is 0.289. The lowest BCUT2D eigenvalue weighted by atomic mass is 9.95. The number of ether oxygens (including phenoxy) is 1. The van der Waals surface area contributed by atoms with Gasteiger partial charge < -0.3 is 15.0 Å². The number of carbonyl (C=O) groups is 2. The number of hydrogen-bond donors (Lipinski definition) is 1. The summed E-state index contributed by atoms with van der Waals surface area (Å²) >= 11 is 0. The van der Waals surface area contributed by atoms with Gasteiger partial charge in [0.1, 0.15) is 24.2 Å². The van der Waals surface area contributed by atoms with Crippen LogP contribution in [0.5, 0.6) is 5.75 Å². The Kier molecular flexibility index (Phi) is 10.8. The molecular weight excluding hydrogens is 569 g/mol. The summed E-state index contributed by atoms with van der Waals surface area (Å²) in [4.78, 5) is 28.7. The van der Waals surface area contributed by atoms with Gasteiger partial charge in [-0.05, 0) is 76.1 Å². The van der Waals surface area contributed by atoms with Crippen molar-refractivity contribution in [1.29, 1.82) is 0 Å². The smallest absolute Gasteiger partial charge is 0.264 e. The van der Waals surface area contributed by atoms with Gasteiger partial charge in [-0.25, -0.2) is 12.8 Å². The first-order valence-electron chi connectivity index (χ1n) is 14.8. The van der Waals surface area contributed by atoms with Gasteiger partial charge in [0.25, 0.3) is 10.0 Å². The Labute approximate surface area is 253 Å². The van der Waals surface area contributed by atoms with Crippen molar-refractivity contribution in [2.24, 2.45) is 0 Å². The molecule has 1 aliphatic rings. The molecule has 0 spiro atoms. The minimum atomic E-state index is -4.22. The van der Waals surface area contributed by atoms with Crippen LogP contribution in [0, 0.1) is 12.7 Å². The van der Waals surface area contributed by atoms with Crippen LogP contribution >= 0.6 is 0 Å². The van der Waals surface area contributed by atoms with Crippen molar-refractivity contribution in [3.63, 3.8) is 0 Å². The van der Waals surface area contributed by atoms with Crippen molar-refractivity contribution >= 4 is 27.5 Å². The Morgan fingerprint density at radius 3 is 2.26 bits per heavy atom. The lowest BCUT2D eigenvalue weighted by Crippen LogP contribution is -2.53. The number of rotatable bonds is 12. The summed E-state index contributed by atoms with van der Waals surface area (Å²) in [6.07, 6.45) is 4.89. The summed E-state index contributed by atoms with van der Waals surface area (Å²) in [5.74, 6) is -0.983. The van der Waals surface area contributed by atoms with E-state index in [2.05, 4.69) is 5.32 Å². The van der Waals surface area contributed by atoms with Crippen molar-refractivity contribution in [3.05, 3.63) is 89.7 Å². The number of nitrogens with zero attached hydrogens (tertiary/aromatic N) is 2. The highest BCUT2D eigenvalue weighted by Crippen LogP contribution is 2.27. The fraction of sp³-hybridized carbons (Fsp3) is 0.394. The molecule has 0 aliphatic heterocycles. The van der Waals surface area contributed by atoms with Gasteiger partial charge in [-0.2, -0.15) is 0 Å². The highest BCUT2D eigenvalue weighted by molar-refractivity contribution is 7.92. The molecule has 2 amide bonds. The molecule has 0 heterocycles. The average Bonchev–Trinajstić information content (AvgIpc) is 3.00. The second kappa shape index (κ2) is 14.5. The van der Waals surface area contributed by atoms with Gasteiger partial charge in [-0.3, -0.25) is 13.9 Å². The molecule has 1 fully saturated rings. The first-order chi connectivity index (χ1) is 20.6. The van der Waals surface area contributed by atoms with E-state index in [4.69, 9.17) is 4.74 Å². The van der Waals surface area contributed by atoms with Crippen molar-refractivity contribution in [3.8, 4) is 5.75 Å². The first-order valence-corrected chi connectivity index (χ1v) is 16.2. The molecule has 3 aromatic rings. The van der Waals surface area contributed by atoms with Gasteiger partial charge in [0.15, 0.2) is 0 Å². The minimum absolute atomic E-state index is 0.0122. The largest absolute Gasteiger partial charge is 0.494 e. The molecule has 43 heavy (non-hydrogen) atoms. The monoisotopic (exact) mass is 609 g/mol. The molecule has 10 heteroatoms. The molecule has 1 N–H and O–H groups in total. The molecule has 0 radical (unpaired) electrons. The van der Waals surface area contributed by atoms with Crippen molar-refractivity contribution in [2.75, 3.05) is 17.5 Å². The molecule has 0 aromatic heterocycles. The van der Waals surface area contributed by atoms with Crippen LogP contribution in [0.3, 0.4) is 0 Å². The van der Waals surface area contributed by atoms with Gasteiger partial charge in [0.05, 0.1) is 17.2 Å². The predicted molar refractivity (Wildman–Crippen MR) is 165 cm³/mol. The maximum absolute atomic E-state index is 14.8. The SMILES string of the molecule is CCOc1ccc(S(=O)(=O)N(CC(=O)N(Cc2ccccc2F)[C@@H](C)C(=O)NC2CCCCC2)c2ccc(C)cc2)cc1. The third-order valence-electron chi connectivity index (χ3n) is 7.74. The second-order valence-electron chi connectivity index (χ2n) is 10.9. The van der Waals surface area contributed by atoms with Crippen LogP contribution in [0.4, 0.5) is 10.1 Å². The van der Waals surface area contributed by atoms with E-state index in [1.807, 2.05) is 13.8 Å². The van der Waals surface area contributed by atoms with E-state index in [-0.39, 0.29) is 34.6 Å². The third kappa shape index (κ3) is 8.13. The van der Waals surface area contributed by atoms with Gasteiger partial charge in [-0.15, -0.1) is 0 Å². The van der Waals surface area contributed by atoms with Crippen LogP contribution in [0.1, 0.15) is 57.1 Å². The molecule has 230 valence electrons. The molecule has 0 bridgehead atoms. The number of amides is 2. The van der Waals surface area contributed by atoms with E-state index >= 15 is 0 Å². The average molecular weight is 610 g/mol. The summed E-state index contributed by atoms with van der Waals surface area (Å²) < 4.78 is 49.2. The lowest BCUT2D eigenvalue weighted by molar-refractivity contribution is -0.139. The molecule has 8 nitrogen and oxygen atoms in total. The number of carbonyl (C=O) groups excluding carboxylic acids is 2. The van der Waals surface area contributed by atoms with E-state index < -0.39 is 34.3 Å². The zero-order valence-electron chi connectivity index (χ0n) is 25.0. The summed E-state index contributed by atoms with van der Waals surface area (Å²) in [5.41, 5.74) is 1.44. The number of benzene rings is 3. The number of aryl methyl sites for hydroxylation is 1. The topological polar surface area (TPSA) is 96.0 Å². The van der Waals surface area contributed by atoms with E-state index in [9.17, 15) is 22.4 Å². The molecule has 0 unspecified atom stereocenters. The number of hydrogen-bond acceptors (Lipinski definition) is 5. The minimum Gasteiger partial charge on any atom is -0.494 e. The van der Waals surface area contributed by atoms with Gasteiger partial charge in [-0.1, -0.05) is 55.2 Å². The fourth-order valence-corrected chi connectivity index (χ4v) is 6.62. The standard InChI is InChI=1S/C33H40FN3O5S/c1-4-42-29-18-20-30(21-19-29)43(40,41)37(28-16-14-24(2)15-17-28)23-32(38)36(22-26-10-8-9-13-31(26)34)25(3)33(39)35-27-11-6-5-7-12-27/h8-10,13-21,25,27H,4-7,11-12,22-23H2,1-3H3,(H,35,39)/t25-/m0/s1. The summed E-state index contributed by atoms with van der Waals surface area (Å²) in [6, 6.07) is 17.9. The summed E-state index contributed by atoms with van der Waals surface area (Å²) in [7, 11) is -4.22. The first kappa shape index (κ1) is 32.0. The Balaban J connectivity index is 1.67. The Bertz CT molecular complexity index is 1490. The van der Waals surface area contributed by atoms with E-state index in [1.54, 1.807) is 61.5 Å². The number of sulfonamides is 1. The van der Waals surface area contributed by atoms with Crippen LogP contribution in [-0.4, -0.2) is 50.4 Å². The maximum Gasteiger partial charge on any atom is 0.264 e. The summed E-state index contributed by atoms with van der Waals surface area (Å²) in [6.45, 7) is 4.94. The van der Waals surface area contributed by atoms with E-state index in [0.29, 0.717) is 12.4 Å². The second-order valence-corrected chi connectivity index (χ2v) is 12.7. The maximum atomic E-state index is 14.8. The van der Waals surface area contributed by atoms with Crippen LogP contribution in [0.2, 0.25) is 0 Å². The molecule has 1 saturated carbocycles. The number of anilines is 1. The fourth-order valence-electron chi connectivity index (χ4n) is 5.20. The highest BCUT2D eigenvalue weighted by Gasteiger charge is 2.33. The zero-order chi connectivity index (χ0) is 31.0. The predicted octanol–water partition coefficient (Wildman–Crippen LogP) is 5.59. The Hall–Kier alpha value is -3.92. The van der Waals surface area contributed by atoms with E-state index in [0.717, 1.165) is 42.0 Å². The van der Waals surface area contributed by atoms with Crippen LogP contribution in [0.25, 0.3) is 0 Å². The summed E-state index contributed by atoms with van der Waals surface area (Å²) in [5, 5.41) is 3.05.